The van der Waals surface area contributed by atoms with Crippen LogP contribution in [0.5, 0.6) is 0 Å². The zero-order valence-corrected chi connectivity index (χ0v) is 7.80. The van der Waals surface area contributed by atoms with Crippen molar-refractivity contribution in [3.8, 4) is 0 Å². The van der Waals surface area contributed by atoms with Crippen LogP contribution in [0.1, 0.15) is 13.8 Å². The highest BCUT2D eigenvalue weighted by Gasteiger charge is 2.27. The van der Waals surface area contributed by atoms with Gasteiger partial charge < -0.3 is 20.5 Å². The maximum absolute atomic E-state index is 5.45. The summed E-state index contributed by atoms with van der Waals surface area (Å²) >= 11 is 0. The SMILES string of the molecule is CC1(C)OCC(NCCN)CO1. The van der Waals surface area contributed by atoms with Crippen molar-refractivity contribution in [2.24, 2.45) is 5.73 Å². The summed E-state index contributed by atoms with van der Waals surface area (Å²) in [6.07, 6.45) is 0. The zero-order valence-electron chi connectivity index (χ0n) is 7.80. The molecule has 0 bridgehead atoms. The lowest BCUT2D eigenvalue weighted by Gasteiger charge is -2.35. The number of nitrogens with two attached hydrogens (primary N) is 1. The predicted molar refractivity (Wildman–Crippen MR) is 46.8 cm³/mol. The Morgan fingerprint density at radius 2 is 2.00 bits per heavy atom. The summed E-state index contributed by atoms with van der Waals surface area (Å²) in [6.45, 7) is 6.72. The monoisotopic (exact) mass is 174 g/mol. The molecule has 4 nitrogen and oxygen atoms in total. The van der Waals surface area contributed by atoms with Gasteiger partial charge in [0.2, 0.25) is 0 Å². The van der Waals surface area contributed by atoms with E-state index >= 15 is 0 Å². The topological polar surface area (TPSA) is 56.5 Å². The van der Waals surface area contributed by atoms with E-state index < -0.39 is 5.79 Å². The van der Waals surface area contributed by atoms with Crippen LogP contribution in [0.25, 0.3) is 0 Å². The van der Waals surface area contributed by atoms with Crippen molar-refractivity contribution in [3.05, 3.63) is 0 Å². The van der Waals surface area contributed by atoms with E-state index in [-0.39, 0.29) is 0 Å². The van der Waals surface area contributed by atoms with Crippen LogP contribution in [-0.4, -0.2) is 38.1 Å². The first-order valence-corrected chi connectivity index (χ1v) is 4.35. The third-order valence-corrected chi connectivity index (χ3v) is 1.84. The summed E-state index contributed by atoms with van der Waals surface area (Å²) in [6, 6.07) is 0.293. The van der Waals surface area contributed by atoms with Crippen LogP contribution >= 0.6 is 0 Å². The lowest BCUT2D eigenvalue weighted by atomic mass is 10.2. The molecule has 1 fully saturated rings. The smallest absolute Gasteiger partial charge is 0.162 e. The van der Waals surface area contributed by atoms with Crippen molar-refractivity contribution in [2.45, 2.75) is 25.7 Å². The minimum Gasteiger partial charge on any atom is -0.349 e. The molecule has 72 valence electrons. The Morgan fingerprint density at radius 3 is 2.50 bits per heavy atom. The van der Waals surface area contributed by atoms with E-state index in [0.29, 0.717) is 25.8 Å². The molecule has 0 unspecified atom stereocenters. The fraction of sp³-hybridized carbons (Fsp3) is 1.00. The molecule has 1 heterocycles. The summed E-state index contributed by atoms with van der Waals surface area (Å²) in [5.41, 5.74) is 5.35. The number of hydrogen-bond donors (Lipinski definition) is 2. The van der Waals surface area contributed by atoms with Gasteiger partial charge in [0.15, 0.2) is 5.79 Å². The second kappa shape index (κ2) is 4.18. The third kappa shape index (κ3) is 3.06. The molecule has 1 saturated heterocycles. The van der Waals surface area contributed by atoms with E-state index in [2.05, 4.69) is 5.32 Å². The van der Waals surface area contributed by atoms with Gasteiger partial charge in [-0.25, -0.2) is 0 Å². The average Bonchev–Trinajstić information content (AvgIpc) is 2.03. The third-order valence-electron chi connectivity index (χ3n) is 1.84. The van der Waals surface area contributed by atoms with Crippen molar-refractivity contribution in [3.63, 3.8) is 0 Å². The number of nitrogens with one attached hydrogen (secondary N) is 1. The molecule has 0 atom stereocenters. The maximum Gasteiger partial charge on any atom is 0.162 e. The number of rotatable bonds is 3. The summed E-state index contributed by atoms with van der Waals surface area (Å²) in [5, 5.41) is 3.23. The first-order chi connectivity index (χ1) is 5.64. The highest BCUT2D eigenvalue weighted by molar-refractivity contribution is 4.72. The standard InChI is InChI=1S/C8H18N2O2/c1-8(2)11-5-7(6-12-8)10-4-3-9/h7,10H,3-6,9H2,1-2H3. The molecular weight excluding hydrogens is 156 g/mol. The summed E-state index contributed by atoms with van der Waals surface area (Å²) in [4.78, 5) is 0. The quantitative estimate of drug-likeness (QED) is 0.616. The molecular formula is C8H18N2O2. The molecule has 0 aromatic heterocycles. The largest absolute Gasteiger partial charge is 0.349 e. The van der Waals surface area contributed by atoms with Crippen LogP contribution in [0.2, 0.25) is 0 Å². The molecule has 4 heteroatoms. The minimum absolute atomic E-state index is 0.293. The normalized spacial score (nSPS) is 24.2. The van der Waals surface area contributed by atoms with Gasteiger partial charge in [-0.2, -0.15) is 0 Å². The molecule has 3 N–H and O–H groups in total. The van der Waals surface area contributed by atoms with Gasteiger partial charge in [0.05, 0.1) is 19.3 Å². The van der Waals surface area contributed by atoms with Crippen molar-refractivity contribution >= 4 is 0 Å². The fourth-order valence-corrected chi connectivity index (χ4v) is 1.10. The molecule has 1 aliphatic rings. The average molecular weight is 174 g/mol. The first-order valence-electron chi connectivity index (χ1n) is 4.35. The highest BCUT2D eigenvalue weighted by atomic mass is 16.7. The second-order valence-corrected chi connectivity index (χ2v) is 3.46. The van der Waals surface area contributed by atoms with Gasteiger partial charge in [-0.3, -0.25) is 0 Å². The van der Waals surface area contributed by atoms with E-state index in [1.807, 2.05) is 13.8 Å². The molecule has 0 saturated carbocycles. The van der Waals surface area contributed by atoms with Crippen LogP contribution in [-0.2, 0) is 9.47 Å². The Bertz CT molecular complexity index is 129. The van der Waals surface area contributed by atoms with Crippen LogP contribution < -0.4 is 11.1 Å². The number of ether oxygens (including phenoxy) is 2. The Labute approximate surface area is 73.4 Å². The van der Waals surface area contributed by atoms with E-state index in [1.165, 1.54) is 0 Å². The van der Waals surface area contributed by atoms with Crippen molar-refractivity contribution in [1.29, 1.82) is 0 Å². The summed E-state index contributed by atoms with van der Waals surface area (Å²) in [7, 11) is 0. The first kappa shape index (κ1) is 9.92. The molecule has 0 aromatic carbocycles. The Balaban J connectivity index is 2.18. The van der Waals surface area contributed by atoms with Gasteiger partial charge >= 0.3 is 0 Å². The Hall–Kier alpha value is -0.160. The van der Waals surface area contributed by atoms with E-state index in [0.717, 1.165) is 6.54 Å². The van der Waals surface area contributed by atoms with Crippen molar-refractivity contribution in [1.82, 2.24) is 5.32 Å². The maximum atomic E-state index is 5.45. The lowest BCUT2D eigenvalue weighted by molar-refractivity contribution is -0.252. The van der Waals surface area contributed by atoms with E-state index in [1.54, 1.807) is 0 Å². The van der Waals surface area contributed by atoms with Crippen LogP contribution in [0.4, 0.5) is 0 Å². The van der Waals surface area contributed by atoms with Crippen LogP contribution in [0.15, 0.2) is 0 Å². The van der Waals surface area contributed by atoms with Crippen molar-refractivity contribution in [2.75, 3.05) is 26.3 Å². The fourth-order valence-electron chi connectivity index (χ4n) is 1.10. The number of hydrogen-bond acceptors (Lipinski definition) is 4. The molecule has 0 amide bonds. The molecule has 12 heavy (non-hydrogen) atoms. The van der Waals surface area contributed by atoms with Gasteiger partial charge in [0.1, 0.15) is 0 Å². The molecule has 1 aliphatic heterocycles. The van der Waals surface area contributed by atoms with Crippen LogP contribution in [0.3, 0.4) is 0 Å². The Kier molecular flexibility index (Phi) is 3.46. The summed E-state index contributed by atoms with van der Waals surface area (Å²) in [5.74, 6) is -0.416. The molecule has 0 aliphatic carbocycles. The summed E-state index contributed by atoms with van der Waals surface area (Å²) < 4.78 is 10.9. The lowest BCUT2D eigenvalue weighted by Crippen LogP contribution is -2.49. The minimum atomic E-state index is -0.416. The highest BCUT2D eigenvalue weighted by Crippen LogP contribution is 2.16. The molecule has 0 radical (unpaired) electrons. The molecule has 1 rings (SSSR count). The molecule has 0 spiro atoms. The molecule has 0 aromatic rings. The Morgan fingerprint density at radius 1 is 1.42 bits per heavy atom. The predicted octanol–water partition coefficient (Wildman–Crippen LogP) is -0.314. The van der Waals surface area contributed by atoms with Gasteiger partial charge in [0.25, 0.3) is 0 Å². The van der Waals surface area contributed by atoms with E-state index in [4.69, 9.17) is 15.2 Å². The van der Waals surface area contributed by atoms with E-state index in [9.17, 15) is 0 Å². The van der Waals surface area contributed by atoms with Gasteiger partial charge in [-0.15, -0.1) is 0 Å². The van der Waals surface area contributed by atoms with Gasteiger partial charge in [-0.05, 0) is 13.8 Å². The van der Waals surface area contributed by atoms with Gasteiger partial charge in [0, 0.05) is 13.1 Å². The second-order valence-electron chi connectivity index (χ2n) is 3.46. The van der Waals surface area contributed by atoms with Gasteiger partial charge in [-0.1, -0.05) is 0 Å². The van der Waals surface area contributed by atoms with Crippen molar-refractivity contribution < 1.29 is 9.47 Å². The zero-order chi connectivity index (χ0) is 9.03. The van der Waals surface area contributed by atoms with Crippen LogP contribution in [0, 0.1) is 0 Å².